The number of hydrogen-bond acceptors (Lipinski definition) is 4. The normalized spacial score (nSPS) is 11.5. The van der Waals surface area contributed by atoms with Gasteiger partial charge in [0.25, 0.3) is 10.0 Å². The predicted octanol–water partition coefficient (Wildman–Crippen LogP) is 3.65. The monoisotopic (exact) mass is 377 g/mol. The highest BCUT2D eigenvalue weighted by Crippen LogP contribution is 2.24. The first kappa shape index (κ1) is 17.3. The zero-order valence-electron chi connectivity index (χ0n) is 13.6. The lowest BCUT2D eigenvalue weighted by atomic mass is 10.3. The van der Waals surface area contributed by atoms with Crippen molar-refractivity contribution in [3.05, 3.63) is 64.9 Å². The molecule has 0 saturated heterocycles. The van der Waals surface area contributed by atoms with Crippen molar-refractivity contribution in [1.82, 2.24) is 9.78 Å². The molecule has 0 atom stereocenters. The Morgan fingerprint density at radius 1 is 1.04 bits per heavy atom. The van der Waals surface area contributed by atoms with Crippen LogP contribution in [0.1, 0.15) is 11.4 Å². The summed E-state index contributed by atoms with van der Waals surface area (Å²) in [5.41, 5.74) is 2.75. The van der Waals surface area contributed by atoms with E-state index in [2.05, 4.69) is 9.82 Å². The van der Waals surface area contributed by atoms with Crippen molar-refractivity contribution in [3.63, 3.8) is 0 Å². The number of nitrogens with zero attached hydrogens (tertiary/aromatic N) is 2. The molecule has 8 heteroatoms. The fraction of sp³-hybridized carbons (Fsp3) is 0.118. The van der Waals surface area contributed by atoms with E-state index in [-0.39, 0.29) is 10.6 Å². The molecule has 1 aromatic heterocycles. The average molecular weight is 378 g/mol. The Labute approximate surface area is 150 Å². The Morgan fingerprint density at radius 2 is 1.64 bits per heavy atom. The molecule has 1 heterocycles. The topological polar surface area (TPSA) is 84.2 Å². The van der Waals surface area contributed by atoms with Gasteiger partial charge in [0.1, 0.15) is 5.75 Å². The van der Waals surface area contributed by atoms with Gasteiger partial charge in [0, 0.05) is 5.69 Å². The van der Waals surface area contributed by atoms with Crippen molar-refractivity contribution in [3.8, 4) is 11.4 Å². The van der Waals surface area contributed by atoms with E-state index in [4.69, 9.17) is 11.6 Å². The number of sulfonamides is 1. The van der Waals surface area contributed by atoms with Crippen LogP contribution >= 0.6 is 11.6 Å². The summed E-state index contributed by atoms with van der Waals surface area (Å²) in [6.07, 6.45) is 0. The van der Waals surface area contributed by atoms with E-state index in [9.17, 15) is 13.5 Å². The van der Waals surface area contributed by atoms with Gasteiger partial charge in [-0.2, -0.15) is 5.10 Å². The molecular formula is C17H16ClN3O3S. The number of hydrogen-bond donors (Lipinski definition) is 2. The van der Waals surface area contributed by atoms with Crippen LogP contribution < -0.4 is 4.72 Å². The van der Waals surface area contributed by atoms with Crippen molar-refractivity contribution in [2.45, 2.75) is 18.7 Å². The maximum absolute atomic E-state index is 12.3. The third-order valence-corrected chi connectivity index (χ3v) is 5.66. The third kappa shape index (κ3) is 3.47. The molecule has 2 N–H and O–H groups in total. The van der Waals surface area contributed by atoms with Crippen molar-refractivity contribution < 1.29 is 13.5 Å². The van der Waals surface area contributed by atoms with Crippen LogP contribution in [0.25, 0.3) is 5.69 Å². The molecule has 0 spiro atoms. The van der Waals surface area contributed by atoms with Crippen molar-refractivity contribution in [1.29, 1.82) is 0 Å². The molecule has 3 rings (SSSR count). The zero-order chi connectivity index (χ0) is 18.2. The molecule has 130 valence electrons. The second-order valence-electron chi connectivity index (χ2n) is 5.54. The maximum Gasteiger partial charge on any atom is 0.261 e. The van der Waals surface area contributed by atoms with E-state index in [0.717, 1.165) is 17.1 Å². The van der Waals surface area contributed by atoms with Crippen molar-refractivity contribution in [2.24, 2.45) is 0 Å². The van der Waals surface area contributed by atoms with E-state index < -0.39 is 10.0 Å². The third-order valence-electron chi connectivity index (χ3n) is 3.71. The highest BCUT2D eigenvalue weighted by molar-refractivity contribution is 7.92. The number of phenols is 1. The average Bonchev–Trinajstić information content (AvgIpc) is 2.83. The van der Waals surface area contributed by atoms with Crippen LogP contribution in [0.15, 0.2) is 53.4 Å². The standard InChI is InChI=1S/C17H16ClN3O3S/c1-11-17(18)12(2)21(19-11)14-5-3-13(4-6-14)20-25(23,24)16-9-7-15(22)8-10-16/h3-10,20,22H,1-2H3. The van der Waals surface area contributed by atoms with E-state index in [0.29, 0.717) is 10.7 Å². The first-order valence-electron chi connectivity index (χ1n) is 7.42. The minimum absolute atomic E-state index is 0.00634. The lowest BCUT2D eigenvalue weighted by Gasteiger charge is -2.10. The van der Waals surface area contributed by atoms with Gasteiger partial charge in [-0.05, 0) is 62.4 Å². The smallest absolute Gasteiger partial charge is 0.261 e. The number of aromatic hydroxyl groups is 1. The molecule has 0 aliphatic rings. The summed E-state index contributed by atoms with van der Waals surface area (Å²) >= 11 is 6.15. The van der Waals surface area contributed by atoms with Gasteiger partial charge in [-0.3, -0.25) is 4.72 Å². The lowest BCUT2D eigenvalue weighted by Crippen LogP contribution is -2.12. The summed E-state index contributed by atoms with van der Waals surface area (Å²) in [4.78, 5) is 0.0692. The molecule has 0 bridgehead atoms. The summed E-state index contributed by atoms with van der Waals surface area (Å²) in [5.74, 6) is 0.00634. The van der Waals surface area contributed by atoms with Gasteiger partial charge >= 0.3 is 0 Å². The maximum atomic E-state index is 12.3. The fourth-order valence-corrected chi connectivity index (χ4v) is 3.56. The van der Waals surface area contributed by atoms with Gasteiger partial charge in [-0.15, -0.1) is 0 Å². The Bertz CT molecular complexity index is 1010. The number of rotatable bonds is 4. The summed E-state index contributed by atoms with van der Waals surface area (Å²) < 4.78 is 28.9. The summed E-state index contributed by atoms with van der Waals surface area (Å²) in [7, 11) is -3.72. The second-order valence-corrected chi connectivity index (χ2v) is 7.60. The molecule has 25 heavy (non-hydrogen) atoms. The summed E-state index contributed by atoms with van der Waals surface area (Å²) in [5, 5.41) is 14.2. The second kappa shape index (κ2) is 6.42. The number of phenolic OH excluding ortho intramolecular Hbond substituents is 1. The van der Waals surface area contributed by atoms with E-state index in [1.54, 1.807) is 28.9 Å². The van der Waals surface area contributed by atoms with Crippen LogP contribution in [0, 0.1) is 13.8 Å². The molecule has 2 aromatic carbocycles. The molecule has 0 aliphatic heterocycles. The minimum atomic E-state index is -3.72. The summed E-state index contributed by atoms with van der Waals surface area (Å²) in [6, 6.07) is 12.1. The SMILES string of the molecule is Cc1nn(-c2ccc(NS(=O)(=O)c3ccc(O)cc3)cc2)c(C)c1Cl. The summed E-state index contributed by atoms with van der Waals surface area (Å²) in [6.45, 7) is 3.69. The highest BCUT2D eigenvalue weighted by atomic mass is 35.5. The Morgan fingerprint density at radius 3 is 2.16 bits per heavy atom. The van der Waals surface area contributed by atoms with Crippen LogP contribution in [0.4, 0.5) is 5.69 Å². The Kier molecular flexibility index (Phi) is 4.45. The molecule has 3 aromatic rings. The Balaban J connectivity index is 1.85. The van der Waals surface area contributed by atoms with Crippen LogP contribution in [0.2, 0.25) is 5.02 Å². The van der Waals surface area contributed by atoms with Gasteiger partial charge in [0.2, 0.25) is 0 Å². The lowest BCUT2D eigenvalue weighted by molar-refractivity contribution is 0.475. The molecule has 0 amide bonds. The molecule has 0 aliphatic carbocycles. The van der Waals surface area contributed by atoms with Gasteiger partial charge < -0.3 is 5.11 Å². The first-order chi connectivity index (χ1) is 11.8. The van der Waals surface area contributed by atoms with Gasteiger partial charge in [-0.25, -0.2) is 13.1 Å². The van der Waals surface area contributed by atoms with Gasteiger partial charge in [-0.1, -0.05) is 11.6 Å². The Hall–Kier alpha value is -2.51. The van der Waals surface area contributed by atoms with E-state index >= 15 is 0 Å². The van der Waals surface area contributed by atoms with Crippen LogP contribution in [0.5, 0.6) is 5.75 Å². The highest BCUT2D eigenvalue weighted by Gasteiger charge is 2.15. The molecule has 0 saturated carbocycles. The molecule has 0 unspecified atom stereocenters. The van der Waals surface area contributed by atoms with Gasteiger partial charge in [0.05, 0.1) is 27.0 Å². The van der Waals surface area contributed by atoms with E-state index in [1.165, 1.54) is 24.3 Å². The zero-order valence-corrected chi connectivity index (χ0v) is 15.1. The predicted molar refractivity (Wildman–Crippen MR) is 97.0 cm³/mol. The van der Waals surface area contributed by atoms with Crippen LogP contribution in [-0.4, -0.2) is 23.3 Å². The van der Waals surface area contributed by atoms with E-state index in [1.807, 2.05) is 13.8 Å². The molecule has 0 radical (unpaired) electrons. The molecule has 0 fully saturated rings. The largest absolute Gasteiger partial charge is 0.508 e. The number of aryl methyl sites for hydroxylation is 1. The van der Waals surface area contributed by atoms with Gasteiger partial charge in [0.15, 0.2) is 0 Å². The number of benzene rings is 2. The number of anilines is 1. The quantitative estimate of drug-likeness (QED) is 0.726. The number of aromatic nitrogens is 2. The number of nitrogens with one attached hydrogen (secondary N) is 1. The molecular weight excluding hydrogens is 362 g/mol. The van der Waals surface area contributed by atoms with Crippen molar-refractivity contribution >= 4 is 27.3 Å². The fourth-order valence-electron chi connectivity index (χ4n) is 2.39. The van der Waals surface area contributed by atoms with Crippen LogP contribution in [0.3, 0.4) is 0 Å². The molecule has 6 nitrogen and oxygen atoms in total. The minimum Gasteiger partial charge on any atom is -0.508 e. The van der Waals surface area contributed by atoms with Crippen molar-refractivity contribution in [2.75, 3.05) is 4.72 Å². The number of halogens is 1. The first-order valence-corrected chi connectivity index (χ1v) is 9.28. The van der Waals surface area contributed by atoms with Crippen LogP contribution in [-0.2, 0) is 10.0 Å².